The van der Waals surface area contributed by atoms with Gasteiger partial charge in [-0.2, -0.15) is 0 Å². The highest BCUT2D eigenvalue weighted by Crippen LogP contribution is 2.27. The van der Waals surface area contributed by atoms with Gasteiger partial charge in [-0.1, -0.05) is 25.7 Å². The molecule has 2 rings (SSSR count). The monoisotopic (exact) mass is 252 g/mol. The highest BCUT2D eigenvalue weighted by atomic mass is 32.1. The lowest BCUT2D eigenvalue weighted by Crippen LogP contribution is -2.35. The molecule has 17 heavy (non-hydrogen) atoms. The Morgan fingerprint density at radius 2 is 2.06 bits per heavy atom. The number of thiazole rings is 1. The third-order valence-electron chi connectivity index (χ3n) is 3.94. The molecule has 1 aromatic rings. The number of aromatic nitrogens is 1. The van der Waals surface area contributed by atoms with E-state index in [1.54, 1.807) is 11.3 Å². The predicted octanol–water partition coefficient (Wildman–Crippen LogP) is 3.55. The van der Waals surface area contributed by atoms with Gasteiger partial charge in [-0.15, -0.1) is 11.3 Å². The summed E-state index contributed by atoms with van der Waals surface area (Å²) >= 11 is 1.77. The largest absolute Gasteiger partial charge is 0.316 e. The van der Waals surface area contributed by atoms with Crippen LogP contribution in [0.2, 0.25) is 0 Å². The second-order valence-corrected chi connectivity index (χ2v) is 6.27. The van der Waals surface area contributed by atoms with E-state index in [9.17, 15) is 0 Å². The molecule has 1 fully saturated rings. The van der Waals surface area contributed by atoms with E-state index >= 15 is 0 Å². The maximum atomic E-state index is 4.60. The molecule has 1 heterocycles. The lowest BCUT2D eigenvalue weighted by molar-refractivity contribution is 0.331. The fraction of sp³-hybridized carbons (Fsp3) is 0.786. The van der Waals surface area contributed by atoms with Crippen molar-refractivity contribution in [1.82, 2.24) is 10.3 Å². The zero-order valence-corrected chi connectivity index (χ0v) is 11.9. The van der Waals surface area contributed by atoms with Gasteiger partial charge < -0.3 is 5.32 Å². The van der Waals surface area contributed by atoms with Gasteiger partial charge in [-0.05, 0) is 32.7 Å². The first-order valence-corrected chi connectivity index (χ1v) is 7.76. The molecule has 1 saturated carbocycles. The number of rotatable bonds is 4. The van der Waals surface area contributed by atoms with Crippen molar-refractivity contribution in [1.29, 1.82) is 0 Å². The van der Waals surface area contributed by atoms with Crippen molar-refractivity contribution >= 4 is 11.3 Å². The SMILES string of the molecule is CNC(Cc1csc(C)n1)C1CCCCCC1. The Morgan fingerprint density at radius 1 is 1.35 bits per heavy atom. The highest BCUT2D eigenvalue weighted by Gasteiger charge is 2.22. The van der Waals surface area contributed by atoms with Gasteiger partial charge in [0.05, 0.1) is 10.7 Å². The zero-order chi connectivity index (χ0) is 12.1. The summed E-state index contributed by atoms with van der Waals surface area (Å²) in [5.41, 5.74) is 1.27. The lowest BCUT2D eigenvalue weighted by Gasteiger charge is -2.25. The van der Waals surface area contributed by atoms with Gasteiger partial charge in [-0.25, -0.2) is 4.98 Å². The molecule has 0 radical (unpaired) electrons. The standard InChI is InChI=1S/C14H24N2S/c1-11-16-13(10-17-11)9-14(15-2)12-7-5-3-4-6-8-12/h10,12,14-15H,3-9H2,1-2H3. The van der Waals surface area contributed by atoms with Crippen LogP contribution in [-0.2, 0) is 6.42 Å². The van der Waals surface area contributed by atoms with Crippen LogP contribution in [0.4, 0.5) is 0 Å². The molecule has 3 heteroatoms. The van der Waals surface area contributed by atoms with Crippen molar-refractivity contribution < 1.29 is 0 Å². The van der Waals surface area contributed by atoms with Crippen molar-refractivity contribution in [3.8, 4) is 0 Å². The number of aryl methyl sites for hydroxylation is 1. The Labute approximate surface area is 109 Å². The van der Waals surface area contributed by atoms with Gasteiger partial charge >= 0.3 is 0 Å². The predicted molar refractivity (Wildman–Crippen MR) is 74.6 cm³/mol. The highest BCUT2D eigenvalue weighted by molar-refractivity contribution is 7.09. The minimum Gasteiger partial charge on any atom is -0.316 e. The average Bonchev–Trinajstić information content (AvgIpc) is 2.58. The van der Waals surface area contributed by atoms with Crippen molar-refractivity contribution in [2.75, 3.05) is 7.05 Å². The summed E-state index contributed by atoms with van der Waals surface area (Å²) in [5, 5.41) is 6.93. The molecule has 0 bridgehead atoms. The quantitative estimate of drug-likeness (QED) is 0.829. The molecule has 0 aliphatic heterocycles. The average molecular weight is 252 g/mol. The van der Waals surface area contributed by atoms with E-state index in [4.69, 9.17) is 0 Å². The van der Waals surface area contributed by atoms with Crippen molar-refractivity contribution in [3.05, 3.63) is 16.1 Å². The van der Waals surface area contributed by atoms with E-state index in [1.807, 2.05) is 0 Å². The molecule has 0 aromatic carbocycles. The summed E-state index contributed by atoms with van der Waals surface area (Å²) in [6.07, 6.45) is 9.60. The molecule has 2 nitrogen and oxygen atoms in total. The summed E-state index contributed by atoms with van der Waals surface area (Å²) in [4.78, 5) is 4.60. The van der Waals surface area contributed by atoms with Crippen molar-refractivity contribution in [2.45, 2.75) is 57.9 Å². The topological polar surface area (TPSA) is 24.9 Å². The molecule has 1 atom stereocenters. The van der Waals surface area contributed by atoms with E-state index in [0.29, 0.717) is 6.04 Å². The first-order valence-electron chi connectivity index (χ1n) is 6.88. The summed E-state index contributed by atoms with van der Waals surface area (Å²) in [6.45, 7) is 2.09. The molecule has 1 N–H and O–H groups in total. The zero-order valence-electron chi connectivity index (χ0n) is 11.0. The Hall–Kier alpha value is -0.410. The number of hydrogen-bond donors (Lipinski definition) is 1. The molecular formula is C14H24N2S. The van der Waals surface area contributed by atoms with Gasteiger partial charge in [0.1, 0.15) is 0 Å². The fourth-order valence-electron chi connectivity index (χ4n) is 2.95. The van der Waals surface area contributed by atoms with Crippen LogP contribution < -0.4 is 5.32 Å². The van der Waals surface area contributed by atoms with Crippen LogP contribution in [0.5, 0.6) is 0 Å². The van der Waals surface area contributed by atoms with Crippen LogP contribution in [0.3, 0.4) is 0 Å². The van der Waals surface area contributed by atoms with Gasteiger partial charge in [0.25, 0.3) is 0 Å². The molecule has 1 aromatic heterocycles. The van der Waals surface area contributed by atoms with Crippen LogP contribution in [0.15, 0.2) is 5.38 Å². The first-order chi connectivity index (χ1) is 8.29. The number of nitrogens with one attached hydrogen (secondary N) is 1. The van der Waals surface area contributed by atoms with Crippen LogP contribution in [-0.4, -0.2) is 18.1 Å². The molecule has 0 spiro atoms. The Kier molecular flexibility index (Phi) is 4.99. The van der Waals surface area contributed by atoms with Crippen molar-refractivity contribution in [2.24, 2.45) is 5.92 Å². The Balaban J connectivity index is 1.95. The van der Waals surface area contributed by atoms with Crippen molar-refractivity contribution in [3.63, 3.8) is 0 Å². The van der Waals surface area contributed by atoms with E-state index < -0.39 is 0 Å². The van der Waals surface area contributed by atoms with Crippen LogP contribution in [0.25, 0.3) is 0 Å². The number of nitrogens with zero attached hydrogens (tertiary/aromatic N) is 1. The van der Waals surface area contributed by atoms with E-state index in [0.717, 1.165) is 12.3 Å². The smallest absolute Gasteiger partial charge is 0.0897 e. The molecule has 0 saturated heterocycles. The van der Waals surface area contributed by atoms with E-state index in [1.165, 1.54) is 49.2 Å². The van der Waals surface area contributed by atoms with Gasteiger partial charge in [0.15, 0.2) is 0 Å². The molecule has 1 unspecified atom stereocenters. The van der Waals surface area contributed by atoms with Crippen LogP contribution in [0.1, 0.15) is 49.2 Å². The summed E-state index contributed by atoms with van der Waals surface area (Å²) in [7, 11) is 2.11. The maximum Gasteiger partial charge on any atom is 0.0897 e. The third-order valence-corrected chi connectivity index (χ3v) is 4.76. The minimum atomic E-state index is 0.620. The van der Waals surface area contributed by atoms with Gasteiger partial charge in [0, 0.05) is 17.8 Å². The van der Waals surface area contributed by atoms with Crippen LogP contribution >= 0.6 is 11.3 Å². The second kappa shape index (κ2) is 6.50. The third kappa shape index (κ3) is 3.78. The Morgan fingerprint density at radius 3 is 2.59 bits per heavy atom. The van der Waals surface area contributed by atoms with Gasteiger partial charge in [-0.3, -0.25) is 0 Å². The van der Waals surface area contributed by atoms with E-state index in [-0.39, 0.29) is 0 Å². The second-order valence-electron chi connectivity index (χ2n) is 5.21. The molecule has 1 aliphatic carbocycles. The summed E-state index contributed by atoms with van der Waals surface area (Å²) in [6, 6.07) is 0.620. The molecule has 96 valence electrons. The van der Waals surface area contributed by atoms with Crippen LogP contribution in [0, 0.1) is 12.8 Å². The van der Waals surface area contributed by atoms with Gasteiger partial charge in [0.2, 0.25) is 0 Å². The lowest BCUT2D eigenvalue weighted by atomic mass is 9.89. The molecule has 1 aliphatic rings. The Bertz CT molecular complexity index is 327. The van der Waals surface area contributed by atoms with E-state index in [2.05, 4.69) is 29.7 Å². The normalized spacial score (nSPS) is 20.1. The maximum absolute atomic E-state index is 4.60. The first kappa shape index (κ1) is 13.0. The summed E-state index contributed by atoms with van der Waals surface area (Å²) < 4.78 is 0. The summed E-state index contributed by atoms with van der Waals surface area (Å²) in [5.74, 6) is 0.851. The fourth-order valence-corrected chi connectivity index (χ4v) is 3.57. The number of hydrogen-bond acceptors (Lipinski definition) is 3. The molecular weight excluding hydrogens is 228 g/mol. The minimum absolute atomic E-state index is 0.620. The number of likely N-dealkylation sites (N-methyl/N-ethyl adjacent to an activating group) is 1. The molecule has 0 amide bonds.